The van der Waals surface area contributed by atoms with Crippen LogP contribution in [0.1, 0.15) is 61.8 Å². The fraction of sp³-hybridized carbons (Fsp3) is 0.667. The summed E-state index contributed by atoms with van der Waals surface area (Å²) in [7, 11) is 0. The lowest BCUT2D eigenvalue weighted by atomic mass is 9.99. The molecular weight excluding hydrogens is 246 g/mol. The minimum Gasteiger partial charge on any atom is -0.376 e. The Morgan fingerprint density at radius 1 is 1.25 bits per heavy atom. The standard InChI is InChI=1S/C18H29NO/c1-4-11-19-18(13-20-16-7-5-6-8-16)17-12-14(2)9-10-15(17)3/h9-10,12,16,18-19H,4-8,11,13H2,1-3H3. The first-order valence-corrected chi connectivity index (χ1v) is 8.13. The molecule has 1 aromatic carbocycles. The van der Waals surface area contributed by atoms with Gasteiger partial charge in [0.25, 0.3) is 0 Å². The highest BCUT2D eigenvalue weighted by Gasteiger charge is 2.19. The molecule has 1 atom stereocenters. The van der Waals surface area contributed by atoms with Crippen LogP contribution in [0.3, 0.4) is 0 Å². The molecule has 20 heavy (non-hydrogen) atoms. The molecule has 0 heterocycles. The van der Waals surface area contributed by atoms with Crippen LogP contribution >= 0.6 is 0 Å². The van der Waals surface area contributed by atoms with Gasteiger partial charge in [-0.2, -0.15) is 0 Å². The Kier molecular flexibility index (Phi) is 6.06. The summed E-state index contributed by atoms with van der Waals surface area (Å²) in [4.78, 5) is 0. The fourth-order valence-electron chi connectivity index (χ4n) is 3.00. The van der Waals surface area contributed by atoms with E-state index in [1.165, 1.54) is 42.4 Å². The highest BCUT2D eigenvalue weighted by Crippen LogP contribution is 2.24. The third-order valence-corrected chi connectivity index (χ3v) is 4.25. The molecule has 2 heteroatoms. The quantitative estimate of drug-likeness (QED) is 0.801. The molecule has 2 nitrogen and oxygen atoms in total. The molecule has 1 aliphatic carbocycles. The van der Waals surface area contributed by atoms with Gasteiger partial charge in [0.1, 0.15) is 0 Å². The zero-order chi connectivity index (χ0) is 14.4. The number of nitrogens with one attached hydrogen (secondary N) is 1. The van der Waals surface area contributed by atoms with E-state index in [0.29, 0.717) is 12.1 Å². The number of ether oxygens (including phenoxy) is 1. The first-order valence-electron chi connectivity index (χ1n) is 8.13. The van der Waals surface area contributed by atoms with Crippen molar-refractivity contribution in [3.05, 3.63) is 34.9 Å². The Labute approximate surface area is 123 Å². The van der Waals surface area contributed by atoms with Gasteiger partial charge in [-0.1, -0.05) is 43.5 Å². The average molecular weight is 275 g/mol. The highest BCUT2D eigenvalue weighted by molar-refractivity contribution is 5.33. The summed E-state index contributed by atoms with van der Waals surface area (Å²) < 4.78 is 6.15. The third-order valence-electron chi connectivity index (χ3n) is 4.25. The maximum atomic E-state index is 6.15. The lowest BCUT2D eigenvalue weighted by Crippen LogP contribution is -2.28. The Balaban J connectivity index is 2.02. The SMILES string of the molecule is CCCNC(COC1CCCC1)c1cc(C)ccc1C. The molecule has 0 radical (unpaired) electrons. The molecular formula is C18H29NO. The summed E-state index contributed by atoms with van der Waals surface area (Å²) in [5.41, 5.74) is 4.09. The predicted molar refractivity (Wildman–Crippen MR) is 85.2 cm³/mol. The van der Waals surface area contributed by atoms with Crippen molar-refractivity contribution in [2.75, 3.05) is 13.2 Å². The fourth-order valence-corrected chi connectivity index (χ4v) is 3.00. The van der Waals surface area contributed by atoms with Crippen molar-refractivity contribution in [3.8, 4) is 0 Å². The smallest absolute Gasteiger partial charge is 0.0665 e. The van der Waals surface area contributed by atoms with E-state index in [0.717, 1.165) is 19.6 Å². The normalized spacial score (nSPS) is 17.6. The van der Waals surface area contributed by atoms with Crippen LogP contribution in [0.4, 0.5) is 0 Å². The molecule has 0 bridgehead atoms. The first-order chi connectivity index (χ1) is 9.70. The lowest BCUT2D eigenvalue weighted by Gasteiger charge is -2.23. The van der Waals surface area contributed by atoms with Crippen LogP contribution < -0.4 is 5.32 Å². The Morgan fingerprint density at radius 2 is 2.00 bits per heavy atom. The lowest BCUT2D eigenvalue weighted by molar-refractivity contribution is 0.0425. The summed E-state index contributed by atoms with van der Waals surface area (Å²) >= 11 is 0. The molecule has 0 aromatic heterocycles. The van der Waals surface area contributed by atoms with Gasteiger partial charge in [-0.05, 0) is 50.8 Å². The predicted octanol–water partition coefficient (Wildman–Crippen LogP) is 4.30. The van der Waals surface area contributed by atoms with Crippen LogP contribution in [0.25, 0.3) is 0 Å². The minimum atomic E-state index is 0.329. The van der Waals surface area contributed by atoms with Crippen molar-refractivity contribution in [2.24, 2.45) is 0 Å². The second-order valence-electron chi connectivity index (χ2n) is 6.11. The van der Waals surface area contributed by atoms with Crippen molar-refractivity contribution in [1.29, 1.82) is 0 Å². The van der Waals surface area contributed by atoms with Crippen LogP contribution in [0.2, 0.25) is 0 Å². The van der Waals surface area contributed by atoms with Crippen LogP contribution in [0, 0.1) is 13.8 Å². The molecule has 1 unspecified atom stereocenters. The average Bonchev–Trinajstić information content (AvgIpc) is 2.95. The van der Waals surface area contributed by atoms with Crippen molar-refractivity contribution >= 4 is 0 Å². The van der Waals surface area contributed by atoms with Gasteiger partial charge in [0, 0.05) is 0 Å². The van der Waals surface area contributed by atoms with Gasteiger partial charge in [-0.25, -0.2) is 0 Å². The molecule has 112 valence electrons. The zero-order valence-electron chi connectivity index (χ0n) is 13.2. The number of benzene rings is 1. The molecule has 1 aromatic rings. The molecule has 1 saturated carbocycles. The van der Waals surface area contributed by atoms with E-state index in [1.807, 2.05) is 0 Å². The van der Waals surface area contributed by atoms with E-state index < -0.39 is 0 Å². The molecule has 1 aliphatic rings. The number of hydrogen-bond donors (Lipinski definition) is 1. The van der Waals surface area contributed by atoms with E-state index in [1.54, 1.807) is 0 Å². The molecule has 0 amide bonds. The van der Waals surface area contributed by atoms with Crippen LogP contribution in [-0.2, 0) is 4.74 Å². The first kappa shape index (κ1) is 15.5. The second kappa shape index (κ2) is 7.80. The molecule has 2 rings (SSSR count). The van der Waals surface area contributed by atoms with Gasteiger partial charge < -0.3 is 10.1 Å². The largest absolute Gasteiger partial charge is 0.376 e. The van der Waals surface area contributed by atoms with E-state index in [2.05, 4.69) is 44.3 Å². The van der Waals surface area contributed by atoms with Crippen LogP contribution in [-0.4, -0.2) is 19.3 Å². The zero-order valence-corrected chi connectivity index (χ0v) is 13.2. The van der Waals surface area contributed by atoms with Crippen LogP contribution in [0.5, 0.6) is 0 Å². The summed E-state index contributed by atoms with van der Waals surface area (Å²) in [6.07, 6.45) is 6.80. The molecule has 1 fully saturated rings. The molecule has 0 saturated heterocycles. The molecule has 0 spiro atoms. The minimum absolute atomic E-state index is 0.329. The molecule has 0 aliphatic heterocycles. The highest BCUT2D eigenvalue weighted by atomic mass is 16.5. The topological polar surface area (TPSA) is 21.3 Å². The maximum Gasteiger partial charge on any atom is 0.0665 e. The molecule has 1 N–H and O–H groups in total. The van der Waals surface area contributed by atoms with Crippen molar-refractivity contribution < 1.29 is 4.74 Å². The third kappa shape index (κ3) is 4.32. The Bertz CT molecular complexity index is 410. The van der Waals surface area contributed by atoms with Crippen molar-refractivity contribution in [3.63, 3.8) is 0 Å². The second-order valence-corrected chi connectivity index (χ2v) is 6.11. The van der Waals surface area contributed by atoms with Gasteiger partial charge >= 0.3 is 0 Å². The van der Waals surface area contributed by atoms with E-state index in [4.69, 9.17) is 4.74 Å². The summed E-state index contributed by atoms with van der Waals surface area (Å²) in [6, 6.07) is 7.05. The summed E-state index contributed by atoms with van der Waals surface area (Å²) in [5, 5.41) is 3.65. The summed E-state index contributed by atoms with van der Waals surface area (Å²) in [5.74, 6) is 0. The van der Waals surface area contributed by atoms with E-state index >= 15 is 0 Å². The van der Waals surface area contributed by atoms with Gasteiger partial charge in [0.05, 0.1) is 18.8 Å². The Morgan fingerprint density at radius 3 is 2.70 bits per heavy atom. The summed E-state index contributed by atoms with van der Waals surface area (Å²) in [6.45, 7) is 8.43. The van der Waals surface area contributed by atoms with Gasteiger partial charge in [0.15, 0.2) is 0 Å². The van der Waals surface area contributed by atoms with Crippen molar-refractivity contribution in [2.45, 2.75) is 65.0 Å². The van der Waals surface area contributed by atoms with Crippen LogP contribution in [0.15, 0.2) is 18.2 Å². The van der Waals surface area contributed by atoms with Gasteiger partial charge in [-0.15, -0.1) is 0 Å². The number of hydrogen-bond acceptors (Lipinski definition) is 2. The van der Waals surface area contributed by atoms with Crippen molar-refractivity contribution in [1.82, 2.24) is 5.32 Å². The maximum absolute atomic E-state index is 6.15. The number of aryl methyl sites for hydroxylation is 2. The monoisotopic (exact) mass is 275 g/mol. The number of rotatable bonds is 7. The van der Waals surface area contributed by atoms with E-state index in [9.17, 15) is 0 Å². The Hall–Kier alpha value is -0.860. The van der Waals surface area contributed by atoms with Gasteiger partial charge in [-0.3, -0.25) is 0 Å². The van der Waals surface area contributed by atoms with E-state index in [-0.39, 0.29) is 0 Å². The van der Waals surface area contributed by atoms with Gasteiger partial charge in [0.2, 0.25) is 0 Å².